The van der Waals surface area contributed by atoms with Crippen molar-refractivity contribution in [3.63, 3.8) is 0 Å². The fraction of sp³-hybridized carbons (Fsp3) is 1.00. The van der Waals surface area contributed by atoms with Crippen LogP contribution < -0.4 is 5.32 Å². The third-order valence-corrected chi connectivity index (χ3v) is 3.28. The molecule has 0 aromatic heterocycles. The van der Waals surface area contributed by atoms with Gasteiger partial charge in [-0.3, -0.25) is 0 Å². The minimum Gasteiger partial charge on any atom is -0.396 e. The molecule has 2 nitrogen and oxygen atoms in total. The molecular weight excluding hydrogens is 162 g/mol. The minimum absolute atomic E-state index is 0.292. The van der Waals surface area contributed by atoms with E-state index < -0.39 is 0 Å². The van der Waals surface area contributed by atoms with Crippen LogP contribution >= 0.6 is 0 Å². The molecule has 1 fully saturated rings. The molecule has 0 radical (unpaired) electrons. The van der Waals surface area contributed by atoms with E-state index in [-0.39, 0.29) is 0 Å². The van der Waals surface area contributed by atoms with E-state index in [1.807, 2.05) is 0 Å². The quantitative estimate of drug-likeness (QED) is 0.700. The van der Waals surface area contributed by atoms with Crippen molar-refractivity contribution in [2.75, 3.05) is 13.2 Å². The van der Waals surface area contributed by atoms with Crippen LogP contribution in [-0.2, 0) is 0 Å². The third kappa shape index (κ3) is 2.96. The monoisotopic (exact) mass is 185 g/mol. The van der Waals surface area contributed by atoms with Gasteiger partial charge in [0.05, 0.1) is 0 Å². The Bertz CT molecular complexity index is 156. The maximum absolute atomic E-state index is 8.90. The van der Waals surface area contributed by atoms with Gasteiger partial charge in [0.25, 0.3) is 0 Å². The van der Waals surface area contributed by atoms with Crippen molar-refractivity contribution >= 4 is 0 Å². The zero-order valence-corrected chi connectivity index (χ0v) is 9.14. The Morgan fingerprint density at radius 2 is 2.23 bits per heavy atom. The van der Waals surface area contributed by atoms with Crippen LogP contribution in [0.25, 0.3) is 0 Å². The summed E-state index contributed by atoms with van der Waals surface area (Å²) in [6.07, 6.45) is 3.97. The molecule has 1 rings (SSSR count). The second kappa shape index (κ2) is 4.43. The highest BCUT2D eigenvalue weighted by atomic mass is 16.3. The summed E-state index contributed by atoms with van der Waals surface area (Å²) in [5.41, 5.74) is 0.454. The van der Waals surface area contributed by atoms with E-state index >= 15 is 0 Å². The summed E-state index contributed by atoms with van der Waals surface area (Å²) in [7, 11) is 0. The molecule has 0 aromatic rings. The Morgan fingerprint density at radius 3 is 2.69 bits per heavy atom. The van der Waals surface area contributed by atoms with Gasteiger partial charge in [0, 0.05) is 19.2 Å². The van der Waals surface area contributed by atoms with Gasteiger partial charge in [0.1, 0.15) is 0 Å². The van der Waals surface area contributed by atoms with Crippen LogP contribution in [0, 0.1) is 11.3 Å². The Hall–Kier alpha value is -0.0800. The highest BCUT2D eigenvalue weighted by Crippen LogP contribution is 2.37. The fourth-order valence-electron chi connectivity index (χ4n) is 2.11. The summed E-state index contributed by atoms with van der Waals surface area (Å²) < 4.78 is 0. The first kappa shape index (κ1) is 11.0. The summed E-state index contributed by atoms with van der Waals surface area (Å²) in [5, 5.41) is 12.5. The lowest BCUT2D eigenvalue weighted by atomic mass is 9.87. The highest BCUT2D eigenvalue weighted by molar-refractivity contribution is 4.90. The molecule has 2 unspecified atom stereocenters. The highest BCUT2D eigenvalue weighted by Gasteiger charge is 2.33. The summed E-state index contributed by atoms with van der Waals surface area (Å²) in [6.45, 7) is 7.99. The smallest absolute Gasteiger partial charge is 0.0468 e. The van der Waals surface area contributed by atoms with Crippen LogP contribution in [0.2, 0.25) is 0 Å². The van der Waals surface area contributed by atoms with Gasteiger partial charge in [0.2, 0.25) is 0 Å². The van der Waals surface area contributed by atoms with Crippen molar-refractivity contribution in [1.82, 2.24) is 5.32 Å². The van der Waals surface area contributed by atoms with Gasteiger partial charge < -0.3 is 10.4 Å². The molecule has 1 aliphatic rings. The van der Waals surface area contributed by atoms with Crippen LogP contribution in [0.5, 0.6) is 0 Å². The maximum atomic E-state index is 8.90. The van der Waals surface area contributed by atoms with Gasteiger partial charge in [-0.25, -0.2) is 0 Å². The first-order valence-corrected chi connectivity index (χ1v) is 5.40. The molecule has 0 aromatic carbocycles. The van der Waals surface area contributed by atoms with Crippen LogP contribution in [0.4, 0.5) is 0 Å². The molecule has 2 N–H and O–H groups in total. The summed E-state index contributed by atoms with van der Waals surface area (Å²) >= 11 is 0. The second-order valence-corrected chi connectivity index (χ2v) is 5.13. The molecule has 2 atom stereocenters. The van der Waals surface area contributed by atoms with E-state index in [1.54, 1.807) is 0 Å². The number of hydrogen-bond donors (Lipinski definition) is 2. The molecular formula is C11H23NO. The van der Waals surface area contributed by atoms with E-state index in [0.29, 0.717) is 24.0 Å². The van der Waals surface area contributed by atoms with Crippen LogP contribution in [0.3, 0.4) is 0 Å². The molecule has 2 heteroatoms. The maximum Gasteiger partial charge on any atom is 0.0468 e. The van der Waals surface area contributed by atoms with Gasteiger partial charge in [-0.1, -0.05) is 27.2 Å². The first-order chi connectivity index (χ1) is 6.06. The van der Waals surface area contributed by atoms with E-state index in [4.69, 9.17) is 5.11 Å². The van der Waals surface area contributed by atoms with Crippen LogP contribution in [-0.4, -0.2) is 24.3 Å². The fourth-order valence-corrected chi connectivity index (χ4v) is 2.11. The molecule has 78 valence electrons. The van der Waals surface area contributed by atoms with Crippen molar-refractivity contribution in [2.45, 2.75) is 46.1 Å². The zero-order valence-electron chi connectivity index (χ0n) is 9.14. The van der Waals surface area contributed by atoms with E-state index in [2.05, 4.69) is 26.1 Å². The lowest BCUT2D eigenvalue weighted by molar-refractivity contribution is 0.214. The van der Waals surface area contributed by atoms with Gasteiger partial charge in [-0.05, 0) is 24.2 Å². The number of nitrogens with one attached hydrogen (secondary N) is 1. The molecule has 1 aliphatic carbocycles. The molecule has 1 saturated carbocycles. The van der Waals surface area contributed by atoms with Crippen molar-refractivity contribution < 1.29 is 5.11 Å². The van der Waals surface area contributed by atoms with Gasteiger partial charge in [0.15, 0.2) is 0 Å². The van der Waals surface area contributed by atoms with Crippen LogP contribution in [0.1, 0.15) is 40.0 Å². The van der Waals surface area contributed by atoms with Crippen molar-refractivity contribution in [3.8, 4) is 0 Å². The minimum atomic E-state index is 0.292. The summed E-state index contributed by atoms with van der Waals surface area (Å²) in [4.78, 5) is 0. The van der Waals surface area contributed by atoms with Crippen molar-refractivity contribution in [2.24, 2.45) is 11.3 Å². The SMILES string of the molecule is CC(CO)CNC1CCCC1(C)C. The topological polar surface area (TPSA) is 32.3 Å². The molecule has 0 spiro atoms. The van der Waals surface area contributed by atoms with Gasteiger partial charge >= 0.3 is 0 Å². The second-order valence-electron chi connectivity index (χ2n) is 5.13. The largest absolute Gasteiger partial charge is 0.396 e. The van der Waals surface area contributed by atoms with Gasteiger partial charge in [-0.2, -0.15) is 0 Å². The molecule has 0 amide bonds. The number of hydrogen-bond acceptors (Lipinski definition) is 2. The Morgan fingerprint density at radius 1 is 1.54 bits per heavy atom. The van der Waals surface area contributed by atoms with Gasteiger partial charge in [-0.15, -0.1) is 0 Å². The first-order valence-electron chi connectivity index (χ1n) is 5.40. The Kier molecular flexibility index (Phi) is 3.74. The van der Waals surface area contributed by atoms with E-state index in [1.165, 1.54) is 19.3 Å². The summed E-state index contributed by atoms with van der Waals surface area (Å²) in [5.74, 6) is 0.386. The number of aliphatic hydroxyl groups excluding tert-OH is 1. The number of aliphatic hydroxyl groups is 1. The molecule has 0 heterocycles. The lowest BCUT2D eigenvalue weighted by Gasteiger charge is -2.28. The molecule has 13 heavy (non-hydrogen) atoms. The van der Waals surface area contributed by atoms with E-state index in [9.17, 15) is 0 Å². The average Bonchev–Trinajstić information content (AvgIpc) is 2.41. The normalized spacial score (nSPS) is 29.1. The van der Waals surface area contributed by atoms with E-state index in [0.717, 1.165) is 6.54 Å². The predicted octanol–water partition coefficient (Wildman–Crippen LogP) is 1.78. The van der Waals surface area contributed by atoms with Crippen LogP contribution in [0.15, 0.2) is 0 Å². The third-order valence-electron chi connectivity index (χ3n) is 3.28. The van der Waals surface area contributed by atoms with Crippen molar-refractivity contribution in [3.05, 3.63) is 0 Å². The summed E-state index contributed by atoms with van der Waals surface area (Å²) in [6, 6.07) is 0.654. The molecule has 0 aliphatic heterocycles. The molecule has 0 bridgehead atoms. The zero-order chi connectivity index (χ0) is 9.90. The molecule has 0 saturated heterocycles. The average molecular weight is 185 g/mol. The Balaban J connectivity index is 2.28. The predicted molar refractivity (Wildman–Crippen MR) is 55.7 cm³/mol. The Labute approximate surface area is 81.7 Å². The standard InChI is InChI=1S/C11H23NO/c1-9(8-13)7-12-10-5-4-6-11(10,2)3/h9-10,12-13H,4-8H2,1-3H3. The van der Waals surface area contributed by atoms with Crippen molar-refractivity contribution in [1.29, 1.82) is 0 Å². The lowest BCUT2D eigenvalue weighted by Crippen LogP contribution is -2.40. The number of rotatable bonds is 4.